The molecule has 172 valence electrons. The summed E-state index contributed by atoms with van der Waals surface area (Å²) in [6.45, 7) is 3.15. The first-order valence-electron chi connectivity index (χ1n) is 10.4. The van der Waals surface area contributed by atoms with Gasteiger partial charge in [-0.05, 0) is 24.0 Å². The number of carbonyl (C=O) groups is 3. The molecule has 2 amide bonds. The van der Waals surface area contributed by atoms with E-state index in [-0.39, 0.29) is 34.9 Å². The standard InChI is InChI=1S/C21H26BFN2O7/c1-21(2)29-15-10(7-8-13(23)14(15)20(28)30-21)11-9-12(11)22-31-16(18(26)24(3)4)17(32-22)19(27)25(5)6/h7-8,11-12,16-17H,9H2,1-6H3/t11?,12?,16-,17-/m1/s1. The van der Waals surface area contributed by atoms with Gasteiger partial charge in [-0.15, -0.1) is 0 Å². The highest BCUT2D eigenvalue weighted by Gasteiger charge is 2.59. The van der Waals surface area contributed by atoms with Gasteiger partial charge in [-0.2, -0.15) is 0 Å². The minimum atomic E-state index is -1.23. The molecule has 0 aromatic heterocycles. The van der Waals surface area contributed by atoms with E-state index in [1.165, 1.54) is 15.9 Å². The second-order valence-corrected chi connectivity index (χ2v) is 9.19. The number of ether oxygens (including phenoxy) is 2. The zero-order valence-corrected chi connectivity index (χ0v) is 18.9. The van der Waals surface area contributed by atoms with Crippen LogP contribution >= 0.6 is 0 Å². The molecule has 2 aliphatic heterocycles. The molecule has 0 radical (unpaired) electrons. The van der Waals surface area contributed by atoms with Gasteiger partial charge in [-0.1, -0.05) is 6.07 Å². The van der Waals surface area contributed by atoms with Gasteiger partial charge in [0.2, 0.25) is 5.79 Å². The van der Waals surface area contributed by atoms with Gasteiger partial charge in [0.05, 0.1) is 0 Å². The molecule has 9 nitrogen and oxygen atoms in total. The molecular weight excluding hydrogens is 422 g/mol. The molecule has 4 atom stereocenters. The molecule has 1 aromatic rings. The molecule has 2 unspecified atom stereocenters. The van der Waals surface area contributed by atoms with E-state index in [2.05, 4.69) is 0 Å². The maximum absolute atomic E-state index is 14.4. The average Bonchev–Trinajstić information content (AvgIpc) is 3.35. The zero-order valence-electron chi connectivity index (χ0n) is 18.9. The van der Waals surface area contributed by atoms with E-state index in [1.807, 2.05) is 0 Å². The zero-order chi connectivity index (χ0) is 23.5. The lowest BCUT2D eigenvalue weighted by Gasteiger charge is -2.33. The molecule has 0 N–H and O–H groups in total. The van der Waals surface area contributed by atoms with Crippen LogP contribution in [0.1, 0.15) is 42.1 Å². The van der Waals surface area contributed by atoms with Gasteiger partial charge in [0.15, 0.2) is 12.2 Å². The smallest absolute Gasteiger partial charge is 0.451 e. The van der Waals surface area contributed by atoms with E-state index in [1.54, 1.807) is 48.1 Å². The fourth-order valence-corrected chi connectivity index (χ4v) is 4.13. The second kappa shape index (κ2) is 7.74. The third-order valence-corrected chi connectivity index (χ3v) is 5.82. The van der Waals surface area contributed by atoms with E-state index in [0.717, 1.165) is 0 Å². The Morgan fingerprint density at radius 1 is 1.03 bits per heavy atom. The predicted octanol–water partition coefficient (Wildman–Crippen LogP) is 1.42. The highest BCUT2D eigenvalue weighted by molar-refractivity contribution is 6.49. The third kappa shape index (κ3) is 3.84. The summed E-state index contributed by atoms with van der Waals surface area (Å²) in [6, 6.07) is 2.78. The van der Waals surface area contributed by atoms with Gasteiger partial charge >= 0.3 is 13.1 Å². The number of fused-ring (bicyclic) bond motifs is 1. The first-order valence-corrected chi connectivity index (χ1v) is 10.4. The van der Waals surface area contributed by atoms with Crippen molar-refractivity contribution in [3.05, 3.63) is 29.1 Å². The lowest BCUT2D eigenvalue weighted by molar-refractivity contribution is -0.146. The van der Waals surface area contributed by atoms with Crippen molar-refractivity contribution >= 4 is 24.9 Å². The van der Waals surface area contributed by atoms with Crippen molar-refractivity contribution in [2.45, 2.75) is 50.0 Å². The Kier molecular flexibility index (Phi) is 5.45. The quantitative estimate of drug-likeness (QED) is 0.508. The van der Waals surface area contributed by atoms with Crippen molar-refractivity contribution in [2.75, 3.05) is 28.2 Å². The fourth-order valence-electron chi connectivity index (χ4n) is 4.13. The number of carbonyl (C=O) groups excluding carboxylic acids is 3. The van der Waals surface area contributed by atoms with E-state index in [4.69, 9.17) is 18.8 Å². The molecule has 1 aromatic carbocycles. The second-order valence-electron chi connectivity index (χ2n) is 9.19. The first kappa shape index (κ1) is 22.5. The monoisotopic (exact) mass is 448 g/mol. The van der Waals surface area contributed by atoms with Crippen LogP contribution in [0.25, 0.3) is 0 Å². The number of nitrogens with zero attached hydrogens (tertiary/aromatic N) is 2. The van der Waals surface area contributed by atoms with Crippen LogP contribution in [0.3, 0.4) is 0 Å². The van der Waals surface area contributed by atoms with E-state index >= 15 is 0 Å². The van der Waals surface area contributed by atoms with Crippen molar-refractivity contribution in [3.63, 3.8) is 0 Å². The van der Waals surface area contributed by atoms with Crippen LogP contribution in [0.4, 0.5) is 4.39 Å². The minimum absolute atomic E-state index is 0.151. The van der Waals surface area contributed by atoms with Crippen molar-refractivity contribution in [3.8, 4) is 5.75 Å². The Balaban J connectivity index is 1.59. The molecule has 3 aliphatic rings. The first-order chi connectivity index (χ1) is 14.9. The molecule has 2 fully saturated rings. The molecule has 2 heterocycles. The van der Waals surface area contributed by atoms with Crippen LogP contribution in [0.2, 0.25) is 5.82 Å². The molecule has 1 saturated carbocycles. The van der Waals surface area contributed by atoms with Crippen LogP contribution in [-0.2, 0) is 23.6 Å². The molecule has 4 rings (SSSR count). The molecule has 32 heavy (non-hydrogen) atoms. The lowest BCUT2D eigenvalue weighted by Crippen LogP contribution is -2.47. The highest BCUT2D eigenvalue weighted by atomic mass is 19.1. The van der Waals surface area contributed by atoms with Crippen LogP contribution in [0.5, 0.6) is 5.75 Å². The molecule has 0 spiro atoms. The van der Waals surface area contributed by atoms with Crippen molar-refractivity contribution < 1.29 is 37.6 Å². The number of amides is 2. The van der Waals surface area contributed by atoms with Crippen LogP contribution < -0.4 is 4.74 Å². The molecule has 11 heteroatoms. The lowest BCUT2D eigenvalue weighted by atomic mass is 9.79. The van der Waals surface area contributed by atoms with Crippen LogP contribution in [-0.4, -0.2) is 80.9 Å². The maximum atomic E-state index is 14.4. The van der Waals surface area contributed by atoms with Crippen molar-refractivity contribution in [2.24, 2.45) is 0 Å². The van der Waals surface area contributed by atoms with Gasteiger partial charge in [0, 0.05) is 47.9 Å². The number of hydrogen-bond acceptors (Lipinski definition) is 7. The Bertz CT molecular complexity index is 955. The average molecular weight is 448 g/mol. The topological polar surface area (TPSA) is 94.6 Å². The van der Waals surface area contributed by atoms with Gasteiger partial charge in [-0.25, -0.2) is 9.18 Å². The maximum Gasteiger partial charge on any atom is 0.462 e. The molecule has 0 bridgehead atoms. The number of likely N-dealkylation sites (N-methyl/N-ethyl adjacent to an activating group) is 2. The van der Waals surface area contributed by atoms with E-state index in [0.29, 0.717) is 12.0 Å². The Morgan fingerprint density at radius 3 is 2.12 bits per heavy atom. The summed E-state index contributed by atoms with van der Waals surface area (Å²) in [6.07, 6.45) is -1.51. The van der Waals surface area contributed by atoms with Crippen LogP contribution in [0, 0.1) is 5.82 Å². The van der Waals surface area contributed by atoms with Gasteiger partial charge < -0.3 is 28.6 Å². The molecule has 1 aliphatic carbocycles. The summed E-state index contributed by atoms with van der Waals surface area (Å²) in [4.78, 5) is 40.2. The Morgan fingerprint density at radius 2 is 1.59 bits per heavy atom. The molecule has 1 saturated heterocycles. The number of esters is 1. The number of hydrogen-bond donors (Lipinski definition) is 0. The van der Waals surface area contributed by atoms with Gasteiger partial charge in [0.1, 0.15) is 17.1 Å². The molecular formula is C21H26BFN2O7. The summed E-state index contributed by atoms with van der Waals surface area (Å²) in [7, 11) is 5.53. The number of halogens is 1. The third-order valence-electron chi connectivity index (χ3n) is 5.82. The van der Waals surface area contributed by atoms with Crippen molar-refractivity contribution in [1.82, 2.24) is 9.80 Å². The number of benzene rings is 1. The Labute approximate surface area is 185 Å². The van der Waals surface area contributed by atoms with E-state index in [9.17, 15) is 18.8 Å². The van der Waals surface area contributed by atoms with Gasteiger partial charge in [-0.3, -0.25) is 9.59 Å². The SMILES string of the molecule is CN(C)C(=O)[C@@H]1OB(C2CC2c2ccc(F)c3c2OC(C)(C)OC3=O)O[C@H]1C(=O)N(C)C. The van der Waals surface area contributed by atoms with E-state index < -0.39 is 36.9 Å². The predicted molar refractivity (Wildman–Crippen MR) is 111 cm³/mol. The van der Waals surface area contributed by atoms with Gasteiger partial charge in [0.25, 0.3) is 11.8 Å². The summed E-state index contributed by atoms with van der Waals surface area (Å²) >= 11 is 0. The summed E-state index contributed by atoms with van der Waals surface area (Å²) in [5, 5.41) is 0. The number of cyclic esters (lactones) is 1. The Hall–Kier alpha value is -2.66. The summed E-state index contributed by atoms with van der Waals surface area (Å²) in [5.41, 5.74) is 0.406. The number of rotatable bonds is 4. The summed E-state index contributed by atoms with van der Waals surface area (Å²) in [5.74, 6) is -3.65. The summed E-state index contributed by atoms with van der Waals surface area (Å²) < 4.78 is 37.1. The van der Waals surface area contributed by atoms with Crippen molar-refractivity contribution in [1.29, 1.82) is 0 Å². The largest absolute Gasteiger partial charge is 0.462 e. The van der Waals surface area contributed by atoms with Crippen LogP contribution in [0.15, 0.2) is 12.1 Å². The highest BCUT2D eigenvalue weighted by Crippen LogP contribution is 2.59. The fraction of sp³-hybridized carbons (Fsp3) is 0.571. The normalized spacial score (nSPS) is 27.8. The minimum Gasteiger partial charge on any atom is -0.451 e.